The number of amides is 1. The van der Waals surface area contributed by atoms with Gasteiger partial charge in [-0.25, -0.2) is 0 Å². The van der Waals surface area contributed by atoms with Gasteiger partial charge in [-0.05, 0) is 43.0 Å². The first-order valence-electron chi connectivity index (χ1n) is 5.99. The maximum absolute atomic E-state index is 12.1. The Labute approximate surface area is 114 Å². The Hall–Kier alpha value is -1.42. The summed E-state index contributed by atoms with van der Waals surface area (Å²) in [5, 5.41) is 2.88. The Kier molecular flexibility index (Phi) is 4.84. The second-order valence-corrected chi connectivity index (χ2v) is 5.46. The molecule has 3 N–H and O–H groups in total. The Balaban J connectivity index is 2.89. The smallest absolute Gasteiger partial charge is 0.234 e. The predicted molar refractivity (Wildman–Crippen MR) is 79.7 cm³/mol. The zero-order chi connectivity index (χ0) is 13.9. The first kappa shape index (κ1) is 14.6. The molecule has 1 unspecified atom stereocenters. The van der Waals surface area contributed by atoms with Crippen LogP contribution in [0.2, 0.25) is 0 Å². The van der Waals surface area contributed by atoms with Crippen molar-refractivity contribution in [3.63, 3.8) is 0 Å². The van der Waals surface area contributed by atoms with E-state index in [-0.39, 0.29) is 16.8 Å². The summed E-state index contributed by atoms with van der Waals surface area (Å²) >= 11 is 4.95. The van der Waals surface area contributed by atoms with Crippen LogP contribution in [-0.2, 0) is 4.79 Å². The van der Waals surface area contributed by atoms with Crippen molar-refractivity contribution in [3.05, 3.63) is 29.3 Å². The van der Waals surface area contributed by atoms with E-state index < -0.39 is 5.92 Å². The van der Waals surface area contributed by atoms with Crippen LogP contribution in [0.5, 0.6) is 0 Å². The molecule has 0 bridgehead atoms. The van der Waals surface area contributed by atoms with Crippen molar-refractivity contribution in [3.8, 4) is 0 Å². The van der Waals surface area contributed by atoms with Gasteiger partial charge >= 0.3 is 0 Å². The number of rotatable bonds is 4. The second kappa shape index (κ2) is 5.96. The molecule has 0 heterocycles. The van der Waals surface area contributed by atoms with Gasteiger partial charge in [0.1, 0.15) is 0 Å². The monoisotopic (exact) mass is 264 g/mol. The lowest BCUT2D eigenvalue weighted by Crippen LogP contribution is -2.36. The van der Waals surface area contributed by atoms with Gasteiger partial charge in [-0.1, -0.05) is 32.1 Å². The molecule has 0 fully saturated rings. The molecular weight excluding hydrogens is 244 g/mol. The number of nitrogens with two attached hydrogens (primary N) is 1. The molecule has 4 heteroatoms. The second-order valence-electron chi connectivity index (χ2n) is 4.99. The van der Waals surface area contributed by atoms with E-state index >= 15 is 0 Å². The number of hydrogen-bond acceptors (Lipinski definition) is 2. The third-order valence-corrected chi connectivity index (χ3v) is 3.00. The summed E-state index contributed by atoms with van der Waals surface area (Å²) in [6, 6.07) is 5.92. The summed E-state index contributed by atoms with van der Waals surface area (Å²) in [7, 11) is 0. The largest absolute Gasteiger partial charge is 0.393 e. The van der Waals surface area contributed by atoms with Crippen molar-refractivity contribution in [2.45, 2.75) is 27.7 Å². The topological polar surface area (TPSA) is 55.1 Å². The number of anilines is 1. The highest BCUT2D eigenvalue weighted by molar-refractivity contribution is 7.80. The summed E-state index contributed by atoms with van der Waals surface area (Å²) in [5.74, 6) is -0.475. The Morgan fingerprint density at radius 1 is 1.22 bits per heavy atom. The first-order valence-corrected chi connectivity index (χ1v) is 6.40. The van der Waals surface area contributed by atoms with Crippen LogP contribution in [0.4, 0.5) is 5.69 Å². The highest BCUT2D eigenvalue weighted by Crippen LogP contribution is 2.18. The molecule has 3 nitrogen and oxygen atoms in total. The van der Waals surface area contributed by atoms with E-state index in [1.54, 1.807) is 0 Å². The number of thiocarbonyl (C=S) groups is 1. The van der Waals surface area contributed by atoms with Gasteiger partial charge in [-0.15, -0.1) is 0 Å². The molecule has 1 aromatic carbocycles. The maximum atomic E-state index is 12.1. The zero-order valence-electron chi connectivity index (χ0n) is 11.3. The van der Waals surface area contributed by atoms with Gasteiger partial charge in [0, 0.05) is 5.69 Å². The normalized spacial score (nSPS) is 12.3. The average Bonchev–Trinajstić information content (AvgIpc) is 2.13. The summed E-state index contributed by atoms with van der Waals surface area (Å²) in [6.07, 6.45) is 0. The van der Waals surface area contributed by atoms with Crippen molar-refractivity contribution in [1.82, 2.24) is 0 Å². The average molecular weight is 264 g/mol. The van der Waals surface area contributed by atoms with E-state index in [2.05, 4.69) is 11.4 Å². The number of nitrogens with one attached hydrogen (secondary N) is 1. The lowest BCUT2D eigenvalue weighted by molar-refractivity contribution is -0.118. The molecule has 0 aliphatic rings. The SMILES string of the molecule is Cc1cc(C)cc(NC(=O)C(C(N)=S)C(C)C)c1. The quantitative estimate of drug-likeness (QED) is 0.822. The molecule has 1 amide bonds. The molecule has 0 aromatic heterocycles. The molecule has 0 radical (unpaired) electrons. The standard InChI is InChI=1S/C14H20N2OS/c1-8(2)12(13(15)18)14(17)16-11-6-9(3)5-10(4)7-11/h5-8,12H,1-4H3,(H2,15,18)(H,16,17). The minimum absolute atomic E-state index is 0.0911. The molecular formula is C14H20N2OS. The molecule has 0 saturated carbocycles. The molecule has 0 aliphatic carbocycles. The van der Waals surface area contributed by atoms with E-state index in [0.29, 0.717) is 0 Å². The highest BCUT2D eigenvalue weighted by atomic mass is 32.1. The number of carbonyl (C=O) groups excluding carboxylic acids is 1. The molecule has 0 spiro atoms. The van der Waals surface area contributed by atoms with Gasteiger partial charge in [-0.3, -0.25) is 4.79 Å². The fourth-order valence-corrected chi connectivity index (χ4v) is 2.41. The van der Waals surface area contributed by atoms with Crippen molar-refractivity contribution in [1.29, 1.82) is 0 Å². The minimum Gasteiger partial charge on any atom is -0.393 e. The van der Waals surface area contributed by atoms with Gasteiger partial charge in [0.25, 0.3) is 0 Å². The van der Waals surface area contributed by atoms with Crippen LogP contribution in [0.25, 0.3) is 0 Å². The van der Waals surface area contributed by atoms with Crippen molar-refractivity contribution < 1.29 is 4.79 Å². The summed E-state index contributed by atoms with van der Waals surface area (Å²) < 4.78 is 0. The van der Waals surface area contributed by atoms with Gasteiger partial charge in [-0.2, -0.15) is 0 Å². The van der Waals surface area contributed by atoms with Crippen LogP contribution in [0.15, 0.2) is 18.2 Å². The fourth-order valence-electron chi connectivity index (χ4n) is 2.03. The van der Waals surface area contributed by atoms with Crippen LogP contribution in [-0.4, -0.2) is 10.9 Å². The Morgan fingerprint density at radius 3 is 2.11 bits per heavy atom. The van der Waals surface area contributed by atoms with E-state index in [0.717, 1.165) is 16.8 Å². The van der Waals surface area contributed by atoms with Gasteiger partial charge in [0.05, 0.1) is 10.9 Å². The zero-order valence-corrected chi connectivity index (χ0v) is 12.1. The van der Waals surface area contributed by atoms with Crippen LogP contribution in [0, 0.1) is 25.7 Å². The fraction of sp³-hybridized carbons (Fsp3) is 0.429. The van der Waals surface area contributed by atoms with Gasteiger partial charge in [0.15, 0.2) is 0 Å². The van der Waals surface area contributed by atoms with Crippen molar-refractivity contribution >= 4 is 28.8 Å². The lowest BCUT2D eigenvalue weighted by Gasteiger charge is -2.19. The summed E-state index contributed by atoms with van der Waals surface area (Å²) in [5.41, 5.74) is 8.64. The van der Waals surface area contributed by atoms with Crippen molar-refractivity contribution in [2.75, 3.05) is 5.32 Å². The Morgan fingerprint density at radius 2 is 1.72 bits per heavy atom. The van der Waals surface area contributed by atoms with E-state index in [1.165, 1.54) is 0 Å². The predicted octanol–water partition coefficient (Wildman–Crippen LogP) is 2.80. The summed E-state index contributed by atoms with van der Waals surface area (Å²) in [4.78, 5) is 12.4. The number of hydrogen-bond donors (Lipinski definition) is 2. The molecule has 1 atom stereocenters. The third kappa shape index (κ3) is 3.81. The number of carbonyl (C=O) groups is 1. The van der Waals surface area contributed by atoms with Crippen LogP contribution >= 0.6 is 12.2 Å². The number of aryl methyl sites for hydroxylation is 2. The molecule has 18 heavy (non-hydrogen) atoms. The van der Waals surface area contributed by atoms with E-state index in [9.17, 15) is 4.79 Å². The lowest BCUT2D eigenvalue weighted by atomic mass is 9.95. The summed E-state index contributed by atoms with van der Waals surface area (Å²) in [6.45, 7) is 7.86. The molecule has 1 aromatic rings. The van der Waals surface area contributed by atoms with E-state index in [1.807, 2.05) is 39.8 Å². The Bertz CT molecular complexity index is 449. The number of benzene rings is 1. The van der Waals surface area contributed by atoms with E-state index in [4.69, 9.17) is 18.0 Å². The van der Waals surface area contributed by atoms with Gasteiger partial charge in [0.2, 0.25) is 5.91 Å². The maximum Gasteiger partial charge on any atom is 0.234 e. The van der Waals surface area contributed by atoms with Crippen molar-refractivity contribution in [2.24, 2.45) is 17.6 Å². The minimum atomic E-state index is -0.430. The van der Waals surface area contributed by atoms with Gasteiger partial charge < -0.3 is 11.1 Å². The molecule has 98 valence electrons. The van der Waals surface area contributed by atoms with Crippen LogP contribution in [0.3, 0.4) is 0 Å². The van der Waals surface area contributed by atoms with Crippen LogP contribution in [0.1, 0.15) is 25.0 Å². The molecule has 0 aliphatic heterocycles. The third-order valence-electron chi connectivity index (χ3n) is 2.74. The molecule has 0 saturated heterocycles. The molecule has 1 rings (SSSR count). The van der Waals surface area contributed by atoms with Crippen LogP contribution < -0.4 is 11.1 Å². The first-order chi connectivity index (χ1) is 8.31. The highest BCUT2D eigenvalue weighted by Gasteiger charge is 2.24.